The summed E-state index contributed by atoms with van der Waals surface area (Å²) >= 11 is 0. The number of hydrogen-bond donors (Lipinski definition) is 2. The van der Waals surface area contributed by atoms with Crippen LogP contribution in [0.1, 0.15) is 23.4 Å². The van der Waals surface area contributed by atoms with Crippen molar-refractivity contribution in [3.8, 4) is 11.1 Å². The lowest BCUT2D eigenvalue weighted by atomic mass is 10.0. The molecule has 6 heteroatoms. The summed E-state index contributed by atoms with van der Waals surface area (Å²) in [5.74, 6) is 0.314. The molecule has 0 spiro atoms. The highest BCUT2D eigenvalue weighted by atomic mass is 32.2. The van der Waals surface area contributed by atoms with Crippen molar-refractivity contribution in [3.63, 3.8) is 0 Å². The van der Waals surface area contributed by atoms with Crippen molar-refractivity contribution < 1.29 is 8.42 Å². The Bertz CT molecular complexity index is 687. The highest BCUT2D eigenvalue weighted by Gasteiger charge is 2.25. The van der Waals surface area contributed by atoms with E-state index in [4.69, 9.17) is 5.73 Å². The van der Waals surface area contributed by atoms with Gasteiger partial charge in [-0.05, 0) is 19.4 Å². The van der Waals surface area contributed by atoms with Crippen LogP contribution in [-0.4, -0.2) is 24.9 Å². The standard InChI is InChI=1S/C13H17N3O2S/c1-8-4-6-10(7-5-8)11-12(15-16-13(11)14)9(2)19(3,17)18/h4-7,9H,1-3H3,(H3,14,15,16). The van der Waals surface area contributed by atoms with Gasteiger partial charge in [-0.2, -0.15) is 5.10 Å². The number of nitrogen functional groups attached to an aromatic ring is 1. The van der Waals surface area contributed by atoms with Gasteiger partial charge in [-0.25, -0.2) is 8.42 Å². The molecule has 2 rings (SSSR count). The van der Waals surface area contributed by atoms with E-state index in [1.807, 2.05) is 31.2 Å². The van der Waals surface area contributed by atoms with Gasteiger partial charge in [0.05, 0.1) is 5.69 Å². The highest BCUT2D eigenvalue weighted by Crippen LogP contribution is 2.34. The highest BCUT2D eigenvalue weighted by molar-refractivity contribution is 7.90. The number of aromatic nitrogens is 2. The molecule has 19 heavy (non-hydrogen) atoms. The topological polar surface area (TPSA) is 88.8 Å². The summed E-state index contributed by atoms with van der Waals surface area (Å²) in [6, 6.07) is 7.73. The van der Waals surface area contributed by atoms with Crippen molar-refractivity contribution in [1.29, 1.82) is 0 Å². The Balaban J connectivity index is 2.58. The number of nitrogens with one attached hydrogen (secondary N) is 1. The van der Waals surface area contributed by atoms with Crippen LogP contribution >= 0.6 is 0 Å². The van der Waals surface area contributed by atoms with E-state index in [0.717, 1.165) is 11.1 Å². The fourth-order valence-corrected chi connectivity index (χ4v) is 2.50. The molecule has 1 unspecified atom stereocenters. The minimum atomic E-state index is -3.21. The minimum absolute atomic E-state index is 0.314. The van der Waals surface area contributed by atoms with Crippen LogP contribution in [0.25, 0.3) is 11.1 Å². The van der Waals surface area contributed by atoms with Crippen molar-refractivity contribution in [2.45, 2.75) is 19.1 Å². The van der Waals surface area contributed by atoms with E-state index in [1.165, 1.54) is 6.26 Å². The molecule has 0 saturated heterocycles. The van der Waals surface area contributed by atoms with Crippen LogP contribution in [-0.2, 0) is 9.84 Å². The van der Waals surface area contributed by atoms with Gasteiger partial charge in [-0.3, -0.25) is 5.10 Å². The van der Waals surface area contributed by atoms with Gasteiger partial charge in [0, 0.05) is 11.8 Å². The second-order valence-corrected chi connectivity index (χ2v) is 7.10. The van der Waals surface area contributed by atoms with Crippen molar-refractivity contribution in [3.05, 3.63) is 35.5 Å². The van der Waals surface area contributed by atoms with Gasteiger partial charge in [-0.1, -0.05) is 29.8 Å². The molecule has 5 nitrogen and oxygen atoms in total. The fourth-order valence-electron chi connectivity index (χ4n) is 1.90. The maximum absolute atomic E-state index is 11.7. The number of sulfone groups is 1. The van der Waals surface area contributed by atoms with Gasteiger partial charge in [0.1, 0.15) is 5.25 Å². The molecule has 0 saturated carbocycles. The maximum Gasteiger partial charge on any atom is 0.155 e. The first-order valence-electron chi connectivity index (χ1n) is 5.90. The molecule has 1 heterocycles. The lowest BCUT2D eigenvalue weighted by Crippen LogP contribution is -2.09. The Kier molecular flexibility index (Phi) is 3.36. The monoisotopic (exact) mass is 279 g/mol. The van der Waals surface area contributed by atoms with E-state index in [9.17, 15) is 8.42 Å². The second kappa shape index (κ2) is 4.70. The molecule has 0 radical (unpaired) electrons. The van der Waals surface area contributed by atoms with Crippen LogP contribution in [0.15, 0.2) is 24.3 Å². The van der Waals surface area contributed by atoms with Gasteiger partial charge >= 0.3 is 0 Å². The maximum atomic E-state index is 11.7. The molecule has 0 aliphatic rings. The minimum Gasteiger partial charge on any atom is -0.382 e. The molecule has 0 amide bonds. The van der Waals surface area contributed by atoms with Gasteiger partial charge < -0.3 is 5.73 Å². The van der Waals surface area contributed by atoms with Crippen LogP contribution in [0.3, 0.4) is 0 Å². The Morgan fingerprint density at radius 1 is 1.26 bits per heavy atom. The van der Waals surface area contributed by atoms with Crippen molar-refractivity contribution >= 4 is 15.7 Å². The number of H-pyrrole nitrogens is 1. The molecule has 3 N–H and O–H groups in total. The molecule has 102 valence electrons. The SMILES string of the molecule is Cc1ccc(-c2c(N)n[nH]c2C(C)S(C)(=O)=O)cc1. The zero-order valence-electron chi connectivity index (χ0n) is 11.1. The summed E-state index contributed by atoms with van der Waals surface area (Å²) in [5.41, 5.74) is 9.04. The van der Waals surface area contributed by atoms with E-state index in [1.54, 1.807) is 6.92 Å². The molecule has 1 aromatic carbocycles. The first-order chi connectivity index (χ1) is 8.80. The van der Waals surface area contributed by atoms with Crippen LogP contribution in [0, 0.1) is 6.92 Å². The van der Waals surface area contributed by atoms with Crippen molar-refractivity contribution in [2.24, 2.45) is 0 Å². The molecule has 1 aromatic heterocycles. The van der Waals surface area contributed by atoms with Gasteiger partial charge in [0.2, 0.25) is 0 Å². The Morgan fingerprint density at radius 2 is 1.84 bits per heavy atom. The lowest BCUT2D eigenvalue weighted by Gasteiger charge is -2.10. The second-order valence-electron chi connectivity index (χ2n) is 4.74. The molecule has 2 aromatic rings. The molecule has 0 aliphatic carbocycles. The first-order valence-corrected chi connectivity index (χ1v) is 7.86. The smallest absolute Gasteiger partial charge is 0.155 e. The van der Waals surface area contributed by atoms with E-state index >= 15 is 0 Å². The molecule has 0 aliphatic heterocycles. The largest absolute Gasteiger partial charge is 0.382 e. The molecular formula is C13H17N3O2S. The third-order valence-corrected chi connectivity index (χ3v) is 4.73. The van der Waals surface area contributed by atoms with Gasteiger partial charge in [0.25, 0.3) is 0 Å². The number of nitrogens with two attached hydrogens (primary N) is 1. The number of rotatable bonds is 3. The average molecular weight is 279 g/mol. The summed E-state index contributed by atoms with van der Waals surface area (Å²) in [4.78, 5) is 0. The summed E-state index contributed by atoms with van der Waals surface area (Å²) in [6.07, 6.45) is 1.20. The quantitative estimate of drug-likeness (QED) is 0.900. The lowest BCUT2D eigenvalue weighted by molar-refractivity contribution is 0.591. The Labute approximate surface area is 112 Å². The van der Waals surface area contributed by atoms with E-state index < -0.39 is 15.1 Å². The van der Waals surface area contributed by atoms with Crippen molar-refractivity contribution in [1.82, 2.24) is 10.2 Å². The van der Waals surface area contributed by atoms with Crippen molar-refractivity contribution in [2.75, 3.05) is 12.0 Å². The van der Waals surface area contributed by atoms with Crippen LogP contribution < -0.4 is 5.73 Å². The summed E-state index contributed by atoms with van der Waals surface area (Å²) in [6.45, 7) is 3.61. The Morgan fingerprint density at radius 3 is 2.37 bits per heavy atom. The van der Waals surface area contributed by atoms with Crippen LogP contribution in [0.5, 0.6) is 0 Å². The van der Waals surface area contributed by atoms with E-state index in [2.05, 4.69) is 10.2 Å². The van der Waals surface area contributed by atoms with Gasteiger partial charge in [-0.15, -0.1) is 0 Å². The zero-order valence-corrected chi connectivity index (χ0v) is 12.0. The number of nitrogens with zero attached hydrogens (tertiary/aromatic N) is 1. The molecule has 0 bridgehead atoms. The van der Waals surface area contributed by atoms with E-state index in [-0.39, 0.29) is 0 Å². The zero-order chi connectivity index (χ0) is 14.2. The summed E-state index contributed by atoms with van der Waals surface area (Å²) in [7, 11) is -3.21. The number of anilines is 1. The number of benzene rings is 1. The normalized spacial score (nSPS) is 13.4. The average Bonchev–Trinajstić information content (AvgIpc) is 2.70. The summed E-state index contributed by atoms with van der Waals surface area (Å²) in [5, 5.41) is 6.00. The van der Waals surface area contributed by atoms with Crippen LogP contribution in [0.4, 0.5) is 5.82 Å². The third kappa shape index (κ3) is 2.63. The molecular weight excluding hydrogens is 262 g/mol. The summed E-state index contributed by atoms with van der Waals surface area (Å²) < 4.78 is 23.4. The first kappa shape index (κ1) is 13.6. The number of aromatic amines is 1. The molecule has 1 atom stereocenters. The van der Waals surface area contributed by atoms with E-state index in [0.29, 0.717) is 17.1 Å². The predicted molar refractivity (Wildman–Crippen MR) is 76.4 cm³/mol. The predicted octanol–water partition coefficient (Wildman–Crippen LogP) is 2.07. The fraction of sp³-hybridized carbons (Fsp3) is 0.308. The van der Waals surface area contributed by atoms with Gasteiger partial charge in [0.15, 0.2) is 15.7 Å². The molecule has 0 fully saturated rings. The number of hydrogen-bond acceptors (Lipinski definition) is 4. The third-order valence-electron chi connectivity index (χ3n) is 3.21. The van der Waals surface area contributed by atoms with Crippen LogP contribution in [0.2, 0.25) is 0 Å². The number of aryl methyl sites for hydroxylation is 1. The Hall–Kier alpha value is -1.82.